The third-order valence-corrected chi connectivity index (χ3v) is 3.88. The molecule has 2 heterocycles. The Morgan fingerprint density at radius 2 is 1.95 bits per heavy atom. The van der Waals surface area contributed by atoms with Crippen LogP contribution in [0.2, 0.25) is 0 Å². The average molecular weight is 280 g/mol. The highest BCUT2D eigenvalue weighted by Crippen LogP contribution is 2.23. The Bertz CT molecular complexity index is 470. The largest absolute Gasteiger partial charge is 0.480 e. The number of H-pyrrole nitrogens is 1. The molecule has 1 aromatic rings. The van der Waals surface area contributed by atoms with Crippen molar-refractivity contribution >= 4 is 5.97 Å². The fourth-order valence-electron chi connectivity index (χ4n) is 2.72. The summed E-state index contributed by atoms with van der Waals surface area (Å²) in [4.78, 5) is 23.1. The minimum atomic E-state index is -0.821. The summed E-state index contributed by atoms with van der Waals surface area (Å²) in [6.07, 6.45) is 1.63. The van der Waals surface area contributed by atoms with Gasteiger partial charge in [-0.2, -0.15) is 0 Å². The summed E-state index contributed by atoms with van der Waals surface area (Å²) in [5, 5.41) is 9.51. The summed E-state index contributed by atoms with van der Waals surface area (Å²) in [6.45, 7) is 11.7. The van der Waals surface area contributed by atoms with Crippen LogP contribution in [0.3, 0.4) is 0 Å². The zero-order valence-corrected chi connectivity index (χ0v) is 12.7. The lowest BCUT2D eigenvalue weighted by atomic mass is 10.0. The van der Waals surface area contributed by atoms with E-state index in [0.29, 0.717) is 5.69 Å². The minimum absolute atomic E-state index is 0.134. The van der Waals surface area contributed by atoms with Gasteiger partial charge in [0.2, 0.25) is 0 Å². The maximum atomic E-state index is 11.6. The lowest BCUT2D eigenvalue weighted by molar-refractivity contribution is -0.144. The van der Waals surface area contributed by atoms with Crippen molar-refractivity contribution in [2.45, 2.75) is 39.3 Å². The van der Waals surface area contributed by atoms with Gasteiger partial charge in [-0.15, -0.1) is 0 Å². The third-order valence-electron chi connectivity index (χ3n) is 3.88. The van der Waals surface area contributed by atoms with Gasteiger partial charge in [0.05, 0.1) is 11.9 Å². The van der Waals surface area contributed by atoms with E-state index in [1.807, 2.05) is 11.8 Å². The molecule has 2 N–H and O–H groups in total. The number of nitrogens with one attached hydrogen (secondary N) is 1. The van der Waals surface area contributed by atoms with Gasteiger partial charge >= 0.3 is 5.97 Å². The van der Waals surface area contributed by atoms with Crippen molar-refractivity contribution in [2.75, 3.05) is 26.2 Å². The van der Waals surface area contributed by atoms with E-state index in [2.05, 4.69) is 35.6 Å². The molecule has 1 aliphatic heterocycles. The van der Waals surface area contributed by atoms with Gasteiger partial charge in [-0.05, 0) is 27.7 Å². The van der Waals surface area contributed by atoms with Gasteiger partial charge in [0.25, 0.3) is 0 Å². The van der Waals surface area contributed by atoms with Gasteiger partial charge in [-0.25, -0.2) is 4.98 Å². The number of nitrogens with zero attached hydrogens (tertiary/aromatic N) is 3. The summed E-state index contributed by atoms with van der Waals surface area (Å²) < 4.78 is 0. The lowest BCUT2D eigenvalue weighted by Gasteiger charge is -2.43. The van der Waals surface area contributed by atoms with Crippen molar-refractivity contribution in [1.82, 2.24) is 19.8 Å². The maximum Gasteiger partial charge on any atom is 0.327 e. The molecule has 1 atom stereocenters. The molecule has 1 fully saturated rings. The second-order valence-electron chi connectivity index (χ2n) is 6.36. The van der Waals surface area contributed by atoms with Gasteiger partial charge in [0.15, 0.2) is 6.04 Å². The number of aliphatic carboxylic acids is 1. The highest BCUT2D eigenvalue weighted by molar-refractivity contribution is 5.74. The molecule has 112 valence electrons. The van der Waals surface area contributed by atoms with Crippen LogP contribution in [-0.4, -0.2) is 62.6 Å². The molecule has 0 amide bonds. The number of hydrogen-bond acceptors (Lipinski definition) is 4. The summed E-state index contributed by atoms with van der Waals surface area (Å²) in [5.41, 5.74) is 0.800. The van der Waals surface area contributed by atoms with Crippen molar-refractivity contribution in [3.8, 4) is 0 Å². The first-order valence-electron chi connectivity index (χ1n) is 7.02. The third kappa shape index (κ3) is 3.19. The van der Waals surface area contributed by atoms with Crippen LogP contribution >= 0.6 is 0 Å². The molecule has 1 unspecified atom stereocenters. The number of imidazole rings is 1. The molecule has 6 heteroatoms. The Labute approximate surface area is 119 Å². The number of aromatic nitrogens is 2. The number of piperazine rings is 1. The van der Waals surface area contributed by atoms with Crippen LogP contribution in [0.4, 0.5) is 0 Å². The highest BCUT2D eigenvalue weighted by atomic mass is 16.4. The van der Waals surface area contributed by atoms with Crippen LogP contribution in [0, 0.1) is 6.92 Å². The Morgan fingerprint density at radius 3 is 2.35 bits per heavy atom. The number of carboxylic acids is 1. The van der Waals surface area contributed by atoms with Crippen molar-refractivity contribution in [3.05, 3.63) is 17.7 Å². The number of aryl methyl sites for hydroxylation is 1. The van der Waals surface area contributed by atoms with Gasteiger partial charge < -0.3 is 10.1 Å². The van der Waals surface area contributed by atoms with Crippen molar-refractivity contribution in [1.29, 1.82) is 0 Å². The van der Waals surface area contributed by atoms with E-state index in [1.165, 1.54) is 0 Å². The van der Waals surface area contributed by atoms with Crippen LogP contribution in [0.25, 0.3) is 0 Å². The van der Waals surface area contributed by atoms with Crippen LogP contribution in [0.5, 0.6) is 0 Å². The highest BCUT2D eigenvalue weighted by Gasteiger charge is 2.33. The molecule has 1 aromatic heterocycles. The van der Waals surface area contributed by atoms with E-state index < -0.39 is 12.0 Å². The van der Waals surface area contributed by atoms with E-state index in [1.54, 1.807) is 6.20 Å². The Hall–Kier alpha value is -1.40. The molecule has 0 aliphatic carbocycles. The quantitative estimate of drug-likeness (QED) is 0.872. The molecule has 20 heavy (non-hydrogen) atoms. The summed E-state index contributed by atoms with van der Waals surface area (Å²) in [7, 11) is 0. The van der Waals surface area contributed by atoms with E-state index in [-0.39, 0.29) is 5.54 Å². The molecule has 0 aromatic carbocycles. The molecule has 1 saturated heterocycles. The second-order valence-corrected chi connectivity index (χ2v) is 6.36. The second kappa shape index (κ2) is 5.54. The molecule has 0 bridgehead atoms. The summed E-state index contributed by atoms with van der Waals surface area (Å²) in [6, 6.07) is -0.627. The SMILES string of the molecule is Cc1ncc(C(C(=O)O)N2CCN(C(C)(C)C)CC2)[nH]1. The zero-order valence-electron chi connectivity index (χ0n) is 12.7. The van der Waals surface area contributed by atoms with Gasteiger partial charge in [-0.3, -0.25) is 14.6 Å². The van der Waals surface area contributed by atoms with E-state index in [4.69, 9.17) is 0 Å². The van der Waals surface area contributed by atoms with Crippen LogP contribution < -0.4 is 0 Å². The number of carboxylic acid groups (broad SMARTS) is 1. The molecule has 6 nitrogen and oxygen atoms in total. The maximum absolute atomic E-state index is 11.6. The fraction of sp³-hybridized carbons (Fsp3) is 0.714. The van der Waals surface area contributed by atoms with Gasteiger partial charge in [-0.1, -0.05) is 0 Å². The number of carbonyl (C=O) groups is 1. The Kier molecular flexibility index (Phi) is 4.15. The van der Waals surface area contributed by atoms with Crippen LogP contribution in [0.15, 0.2) is 6.20 Å². The average Bonchev–Trinajstić information content (AvgIpc) is 2.75. The fourth-order valence-corrected chi connectivity index (χ4v) is 2.72. The zero-order chi connectivity index (χ0) is 14.9. The predicted octanol–water partition coefficient (Wildman–Crippen LogP) is 1.26. The van der Waals surface area contributed by atoms with E-state index in [0.717, 1.165) is 32.0 Å². The number of rotatable bonds is 3. The molecule has 0 saturated carbocycles. The normalized spacial score (nSPS) is 20.0. The molecule has 2 rings (SSSR count). The number of aromatic amines is 1. The standard InChI is InChI=1S/C14H24N4O2/c1-10-15-9-11(16-10)12(13(19)20)17-5-7-18(8-6-17)14(2,3)4/h9,12H,5-8H2,1-4H3,(H,15,16)(H,19,20). The van der Waals surface area contributed by atoms with E-state index >= 15 is 0 Å². The first-order valence-corrected chi connectivity index (χ1v) is 7.02. The first-order chi connectivity index (χ1) is 9.29. The summed E-state index contributed by atoms with van der Waals surface area (Å²) >= 11 is 0. The lowest BCUT2D eigenvalue weighted by Crippen LogP contribution is -2.54. The molecular formula is C14H24N4O2. The monoisotopic (exact) mass is 280 g/mol. The molecule has 1 aliphatic rings. The minimum Gasteiger partial charge on any atom is -0.480 e. The van der Waals surface area contributed by atoms with Crippen LogP contribution in [0.1, 0.15) is 38.3 Å². The van der Waals surface area contributed by atoms with Crippen molar-refractivity contribution < 1.29 is 9.90 Å². The smallest absolute Gasteiger partial charge is 0.327 e. The van der Waals surface area contributed by atoms with E-state index in [9.17, 15) is 9.90 Å². The predicted molar refractivity (Wildman–Crippen MR) is 76.6 cm³/mol. The van der Waals surface area contributed by atoms with Crippen molar-refractivity contribution in [2.24, 2.45) is 0 Å². The molecular weight excluding hydrogens is 256 g/mol. The Balaban J connectivity index is 2.08. The first kappa shape index (κ1) is 15.0. The topological polar surface area (TPSA) is 72.5 Å². The molecule has 0 radical (unpaired) electrons. The van der Waals surface area contributed by atoms with Gasteiger partial charge in [0.1, 0.15) is 5.82 Å². The Morgan fingerprint density at radius 1 is 1.35 bits per heavy atom. The van der Waals surface area contributed by atoms with Crippen LogP contribution in [-0.2, 0) is 4.79 Å². The number of hydrogen-bond donors (Lipinski definition) is 2. The summed E-state index contributed by atoms with van der Waals surface area (Å²) in [5.74, 6) is -0.0718. The van der Waals surface area contributed by atoms with Crippen molar-refractivity contribution in [3.63, 3.8) is 0 Å². The van der Waals surface area contributed by atoms with Gasteiger partial charge in [0, 0.05) is 31.7 Å². The molecule has 0 spiro atoms.